The average Bonchev–Trinajstić information content (AvgIpc) is 3.93. The zero-order valence-corrected chi connectivity index (χ0v) is 38.8. The highest BCUT2D eigenvalue weighted by atomic mass is 15.1. The predicted molar refractivity (Wildman–Crippen MR) is 287 cm³/mol. The summed E-state index contributed by atoms with van der Waals surface area (Å²) in [5.41, 5.74) is 24.8. The highest BCUT2D eigenvalue weighted by Crippen LogP contribution is 2.53. The molecule has 2 aliphatic carbocycles. The van der Waals surface area contributed by atoms with Gasteiger partial charge in [0.15, 0.2) is 0 Å². The molecule has 0 saturated heterocycles. The molecule has 11 aromatic rings. The van der Waals surface area contributed by atoms with Crippen molar-refractivity contribution < 1.29 is 0 Å². The normalized spacial score (nSPS) is 13.8. The van der Waals surface area contributed by atoms with E-state index in [1.807, 2.05) is 0 Å². The molecule has 0 bridgehead atoms. The van der Waals surface area contributed by atoms with Gasteiger partial charge in [-0.15, -0.1) is 0 Å². The molecule has 0 fully saturated rings. The molecule has 0 unspecified atom stereocenters. The number of fused-ring (bicyclic) bond motifs is 9. The summed E-state index contributed by atoms with van der Waals surface area (Å²) in [5, 5.41) is 2.55. The van der Waals surface area contributed by atoms with Crippen LogP contribution < -0.4 is 4.90 Å². The Balaban J connectivity index is 0.835. The van der Waals surface area contributed by atoms with Gasteiger partial charge < -0.3 is 9.47 Å². The first kappa shape index (κ1) is 40.1. The van der Waals surface area contributed by atoms with Crippen LogP contribution in [-0.2, 0) is 10.8 Å². The molecular formula is C66H50N2. The Kier molecular flexibility index (Phi) is 8.95. The zero-order valence-electron chi connectivity index (χ0n) is 38.8. The van der Waals surface area contributed by atoms with Gasteiger partial charge in [0.2, 0.25) is 0 Å². The minimum absolute atomic E-state index is 0.101. The first-order valence-corrected chi connectivity index (χ1v) is 23.9. The average molecular weight is 871 g/mol. The van der Waals surface area contributed by atoms with E-state index in [0.717, 1.165) is 17.1 Å². The molecule has 0 amide bonds. The Morgan fingerprint density at radius 3 is 1.34 bits per heavy atom. The molecule has 10 aromatic carbocycles. The van der Waals surface area contributed by atoms with Crippen molar-refractivity contribution in [2.45, 2.75) is 38.5 Å². The topological polar surface area (TPSA) is 8.17 Å². The maximum atomic E-state index is 2.44. The summed E-state index contributed by atoms with van der Waals surface area (Å²) in [7, 11) is 0. The van der Waals surface area contributed by atoms with Crippen LogP contribution in [0.4, 0.5) is 17.1 Å². The summed E-state index contributed by atoms with van der Waals surface area (Å²) in [6.07, 6.45) is 0. The number of anilines is 3. The third kappa shape index (κ3) is 6.17. The lowest BCUT2D eigenvalue weighted by atomic mass is 9.81. The van der Waals surface area contributed by atoms with Gasteiger partial charge in [-0.05, 0) is 151 Å². The molecule has 0 spiro atoms. The van der Waals surface area contributed by atoms with E-state index in [9.17, 15) is 0 Å². The van der Waals surface area contributed by atoms with Gasteiger partial charge in [-0.2, -0.15) is 0 Å². The van der Waals surface area contributed by atoms with E-state index in [4.69, 9.17) is 0 Å². The molecule has 0 aliphatic heterocycles. The summed E-state index contributed by atoms with van der Waals surface area (Å²) >= 11 is 0. The predicted octanol–water partition coefficient (Wildman–Crippen LogP) is 17.9. The molecule has 324 valence electrons. The van der Waals surface area contributed by atoms with Gasteiger partial charge in [0.05, 0.1) is 11.0 Å². The number of hydrogen-bond acceptors (Lipinski definition) is 1. The number of hydrogen-bond donors (Lipinski definition) is 0. The third-order valence-corrected chi connectivity index (χ3v) is 15.2. The lowest BCUT2D eigenvalue weighted by Crippen LogP contribution is -2.16. The quantitative estimate of drug-likeness (QED) is 0.155. The fraction of sp³-hybridized carbons (Fsp3) is 0.0909. The number of nitrogens with zero attached hydrogens (tertiary/aromatic N) is 2. The molecule has 0 saturated carbocycles. The standard InChI is InChI=1S/C66H50N2/c1-65(2)59-22-11-8-19-53(59)56-38-35-52(42-62(56)65)67(49-31-25-44(26-32-49)43-15-6-5-7-16-43)50-33-27-45(28-34-50)47-29-36-54-55-37-30-48(41-61(55)66(3,4)60(54)40-47)46-17-14-18-51(39-46)68-63-23-12-9-20-57(63)58-21-10-13-24-64(58)68/h5-42H,1-4H3. The lowest BCUT2D eigenvalue weighted by Gasteiger charge is -2.28. The van der Waals surface area contributed by atoms with Crippen molar-refractivity contribution in [3.05, 3.63) is 253 Å². The molecule has 2 aliphatic rings. The van der Waals surface area contributed by atoms with Gasteiger partial charge in [-0.25, -0.2) is 0 Å². The molecule has 13 rings (SSSR count). The summed E-state index contributed by atoms with van der Waals surface area (Å²) in [4.78, 5) is 2.41. The van der Waals surface area contributed by atoms with Gasteiger partial charge in [-0.1, -0.05) is 185 Å². The second-order valence-electron chi connectivity index (χ2n) is 19.8. The van der Waals surface area contributed by atoms with Gasteiger partial charge in [-0.3, -0.25) is 0 Å². The van der Waals surface area contributed by atoms with Gasteiger partial charge in [0.1, 0.15) is 0 Å². The minimum Gasteiger partial charge on any atom is -0.310 e. The zero-order chi connectivity index (χ0) is 45.7. The van der Waals surface area contributed by atoms with Gasteiger partial charge >= 0.3 is 0 Å². The third-order valence-electron chi connectivity index (χ3n) is 15.2. The summed E-state index contributed by atoms with van der Waals surface area (Å²) < 4.78 is 2.41. The molecule has 1 heterocycles. The molecule has 2 heteroatoms. The fourth-order valence-corrected chi connectivity index (χ4v) is 11.6. The molecule has 2 nitrogen and oxygen atoms in total. The molecular weight excluding hydrogens is 821 g/mol. The van der Waals surface area contributed by atoms with Crippen molar-refractivity contribution in [2.75, 3.05) is 4.90 Å². The Hall–Kier alpha value is -8.20. The fourth-order valence-electron chi connectivity index (χ4n) is 11.6. The van der Waals surface area contributed by atoms with Crippen molar-refractivity contribution in [3.8, 4) is 61.3 Å². The summed E-state index contributed by atoms with van der Waals surface area (Å²) in [6, 6.07) is 85.5. The summed E-state index contributed by atoms with van der Waals surface area (Å²) in [5.74, 6) is 0. The van der Waals surface area contributed by atoms with E-state index < -0.39 is 0 Å². The van der Waals surface area contributed by atoms with Crippen LogP contribution in [0.2, 0.25) is 0 Å². The smallest absolute Gasteiger partial charge is 0.0541 e. The molecule has 0 N–H and O–H groups in total. The van der Waals surface area contributed by atoms with E-state index in [1.165, 1.54) is 105 Å². The number of para-hydroxylation sites is 2. The van der Waals surface area contributed by atoms with Crippen molar-refractivity contribution in [1.29, 1.82) is 0 Å². The molecule has 1 aromatic heterocycles. The lowest BCUT2D eigenvalue weighted by molar-refractivity contribution is 0.660. The van der Waals surface area contributed by atoms with E-state index in [1.54, 1.807) is 0 Å². The molecule has 0 radical (unpaired) electrons. The largest absolute Gasteiger partial charge is 0.310 e. The van der Waals surface area contributed by atoms with Crippen molar-refractivity contribution >= 4 is 38.9 Å². The van der Waals surface area contributed by atoms with Crippen LogP contribution in [0.25, 0.3) is 83.1 Å². The maximum Gasteiger partial charge on any atom is 0.0541 e. The monoisotopic (exact) mass is 870 g/mol. The van der Waals surface area contributed by atoms with Gasteiger partial charge in [0, 0.05) is 44.4 Å². The highest BCUT2D eigenvalue weighted by Gasteiger charge is 2.37. The van der Waals surface area contributed by atoms with Crippen LogP contribution in [0.3, 0.4) is 0 Å². The van der Waals surface area contributed by atoms with Crippen LogP contribution in [0, 0.1) is 0 Å². The first-order chi connectivity index (χ1) is 33.2. The van der Waals surface area contributed by atoms with E-state index in [2.05, 4.69) is 268 Å². The minimum atomic E-state index is -0.176. The van der Waals surface area contributed by atoms with Crippen LogP contribution in [-0.4, -0.2) is 4.57 Å². The number of benzene rings is 10. The molecule has 68 heavy (non-hydrogen) atoms. The van der Waals surface area contributed by atoms with E-state index >= 15 is 0 Å². The van der Waals surface area contributed by atoms with Crippen molar-refractivity contribution in [2.24, 2.45) is 0 Å². The number of aromatic nitrogens is 1. The van der Waals surface area contributed by atoms with Crippen LogP contribution >= 0.6 is 0 Å². The first-order valence-electron chi connectivity index (χ1n) is 23.9. The summed E-state index contributed by atoms with van der Waals surface area (Å²) in [6.45, 7) is 9.50. The Morgan fingerprint density at radius 2 is 0.706 bits per heavy atom. The van der Waals surface area contributed by atoms with Gasteiger partial charge in [0.25, 0.3) is 0 Å². The van der Waals surface area contributed by atoms with Crippen LogP contribution in [0.15, 0.2) is 231 Å². The Bertz CT molecular complexity index is 3720. The van der Waals surface area contributed by atoms with Crippen molar-refractivity contribution in [3.63, 3.8) is 0 Å². The molecule has 0 atom stereocenters. The highest BCUT2D eigenvalue weighted by molar-refractivity contribution is 6.09. The van der Waals surface area contributed by atoms with Crippen molar-refractivity contribution in [1.82, 2.24) is 4.57 Å². The SMILES string of the molecule is CC1(C)c2cc(-c3ccc(N(c4ccc(-c5ccccc5)cc4)c4ccc5c(c4)C(C)(C)c4ccccc4-5)cc3)ccc2-c2ccc(-c3cccc(-n4c5ccccc5c5ccccc54)c3)cc21. The van der Waals surface area contributed by atoms with E-state index in [0.29, 0.717) is 0 Å². The second kappa shape index (κ2) is 15.2. The van der Waals surface area contributed by atoms with E-state index in [-0.39, 0.29) is 10.8 Å². The van der Waals surface area contributed by atoms with Crippen LogP contribution in [0.5, 0.6) is 0 Å². The van der Waals surface area contributed by atoms with Crippen LogP contribution in [0.1, 0.15) is 49.9 Å². The number of rotatable bonds is 7. The Morgan fingerprint density at radius 1 is 0.294 bits per heavy atom. The maximum absolute atomic E-state index is 2.44. The Labute approximate surface area is 399 Å². The second-order valence-corrected chi connectivity index (χ2v) is 19.8.